The highest BCUT2D eigenvalue weighted by molar-refractivity contribution is 7.10. The fourth-order valence-electron chi connectivity index (χ4n) is 2.01. The smallest absolute Gasteiger partial charge is 0.106 e. The monoisotopic (exact) mass is 227 g/mol. The molecule has 3 heteroatoms. The van der Waals surface area contributed by atoms with Crippen molar-refractivity contribution in [3.05, 3.63) is 22.4 Å². The van der Waals surface area contributed by atoms with E-state index in [0.29, 0.717) is 0 Å². The Balaban J connectivity index is 2.85. The van der Waals surface area contributed by atoms with Crippen molar-refractivity contribution in [2.24, 2.45) is 0 Å². The van der Waals surface area contributed by atoms with Gasteiger partial charge in [0.25, 0.3) is 0 Å². The summed E-state index contributed by atoms with van der Waals surface area (Å²) >= 11 is 1.62. The van der Waals surface area contributed by atoms with E-state index in [0.717, 1.165) is 18.0 Å². The SMILES string of the molecule is CCN(CC)C(C)(C)C(O)c1cccs1. The van der Waals surface area contributed by atoms with E-state index in [4.69, 9.17) is 0 Å². The molecular weight excluding hydrogens is 206 g/mol. The number of hydrogen-bond acceptors (Lipinski definition) is 3. The van der Waals surface area contributed by atoms with Crippen LogP contribution in [0.3, 0.4) is 0 Å². The zero-order valence-electron chi connectivity index (χ0n) is 10.0. The zero-order valence-corrected chi connectivity index (χ0v) is 10.8. The Kier molecular flexibility index (Phi) is 4.32. The van der Waals surface area contributed by atoms with Gasteiger partial charge in [-0.05, 0) is 38.4 Å². The van der Waals surface area contributed by atoms with E-state index >= 15 is 0 Å². The standard InChI is InChI=1S/C12H21NOS/c1-5-13(6-2)12(3,4)11(14)10-8-7-9-15-10/h7-9,11,14H,5-6H2,1-4H3. The fraction of sp³-hybridized carbons (Fsp3) is 0.667. The summed E-state index contributed by atoms with van der Waals surface area (Å²) in [5.41, 5.74) is -0.200. The molecule has 86 valence electrons. The lowest BCUT2D eigenvalue weighted by molar-refractivity contribution is -0.00423. The largest absolute Gasteiger partial charge is 0.386 e. The number of aliphatic hydroxyl groups is 1. The van der Waals surface area contributed by atoms with E-state index in [9.17, 15) is 5.11 Å². The second-order valence-corrected chi connectivity index (χ2v) is 5.22. The van der Waals surface area contributed by atoms with Gasteiger partial charge in [-0.3, -0.25) is 4.90 Å². The topological polar surface area (TPSA) is 23.5 Å². The first-order chi connectivity index (χ1) is 7.04. The van der Waals surface area contributed by atoms with E-state index in [1.165, 1.54) is 0 Å². The van der Waals surface area contributed by atoms with Crippen molar-refractivity contribution in [1.29, 1.82) is 0 Å². The maximum Gasteiger partial charge on any atom is 0.106 e. The normalized spacial score (nSPS) is 14.5. The van der Waals surface area contributed by atoms with Crippen LogP contribution in [0.2, 0.25) is 0 Å². The molecule has 0 aliphatic rings. The molecule has 0 amide bonds. The molecule has 0 aliphatic heterocycles. The van der Waals surface area contributed by atoms with Gasteiger partial charge in [-0.2, -0.15) is 0 Å². The molecule has 0 spiro atoms. The molecule has 0 aromatic carbocycles. The van der Waals surface area contributed by atoms with Gasteiger partial charge < -0.3 is 5.11 Å². The Hall–Kier alpha value is -0.380. The number of aliphatic hydroxyl groups excluding tert-OH is 1. The van der Waals surface area contributed by atoms with Crippen molar-refractivity contribution in [3.63, 3.8) is 0 Å². The molecule has 1 heterocycles. The lowest BCUT2D eigenvalue weighted by Crippen LogP contribution is -2.48. The number of hydrogen-bond donors (Lipinski definition) is 1. The first-order valence-electron chi connectivity index (χ1n) is 5.50. The van der Waals surface area contributed by atoms with Crippen LogP contribution in [0.15, 0.2) is 17.5 Å². The van der Waals surface area contributed by atoms with E-state index in [1.54, 1.807) is 11.3 Å². The van der Waals surface area contributed by atoms with Crippen molar-refractivity contribution < 1.29 is 5.11 Å². The van der Waals surface area contributed by atoms with Crippen molar-refractivity contribution in [3.8, 4) is 0 Å². The van der Waals surface area contributed by atoms with Crippen LogP contribution in [0.4, 0.5) is 0 Å². The van der Waals surface area contributed by atoms with Gasteiger partial charge in [0.15, 0.2) is 0 Å². The average molecular weight is 227 g/mol. The minimum atomic E-state index is -0.405. The molecule has 0 aliphatic carbocycles. The summed E-state index contributed by atoms with van der Waals surface area (Å²) in [6.07, 6.45) is -0.405. The third-order valence-corrected chi connectivity index (χ3v) is 3.99. The van der Waals surface area contributed by atoms with Gasteiger partial charge in [0.1, 0.15) is 6.10 Å². The van der Waals surface area contributed by atoms with Crippen LogP contribution in [0, 0.1) is 0 Å². The first kappa shape index (κ1) is 12.7. The molecule has 0 saturated carbocycles. The summed E-state index contributed by atoms with van der Waals surface area (Å²) < 4.78 is 0. The molecule has 15 heavy (non-hydrogen) atoms. The molecule has 0 saturated heterocycles. The van der Waals surface area contributed by atoms with Crippen LogP contribution in [0.25, 0.3) is 0 Å². The molecule has 0 fully saturated rings. The van der Waals surface area contributed by atoms with Gasteiger partial charge in [-0.1, -0.05) is 19.9 Å². The predicted molar refractivity (Wildman–Crippen MR) is 66.3 cm³/mol. The highest BCUT2D eigenvalue weighted by atomic mass is 32.1. The molecule has 1 atom stereocenters. The molecule has 1 rings (SSSR count). The van der Waals surface area contributed by atoms with Crippen molar-refractivity contribution >= 4 is 11.3 Å². The fourth-order valence-corrected chi connectivity index (χ4v) is 2.90. The Morgan fingerprint density at radius 1 is 1.40 bits per heavy atom. The molecule has 1 aromatic rings. The van der Waals surface area contributed by atoms with Crippen LogP contribution in [-0.4, -0.2) is 28.6 Å². The van der Waals surface area contributed by atoms with Crippen LogP contribution >= 0.6 is 11.3 Å². The first-order valence-corrected chi connectivity index (χ1v) is 6.38. The number of nitrogens with zero attached hydrogens (tertiary/aromatic N) is 1. The van der Waals surface area contributed by atoms with E-state index in [1.807, 2.05) is 17.5 Å². The van der Waals surface area contributed by atoms with Crippen LogP contribution in [-0.2, 0) is 0 Å². The van der Waals surface area contributed by atoms with Crippen molar-refractivity contribution in [1.82, 2.24) is 4.90 Å². The van der Waals surface area contributed by atoms with E-state index in [2.05, 4.69) is 32.6 Å². The van der Waals surface area contributed by atoms with Gasteiger partial charge in [0.05, 0.1) is 0 Å². The minimum Gasteiger partial charge on any atom is -0.386 e. The summed E-state index contributed by atoms with van der Waals surface area (Å²) in [7, 11) is 0. The molecule has 0 bridgehead atoms. The number of thiophene rings is 1. The summed E-state index contributed by atoms with van der Waals surface area (Å²) in [4.78, 5) is 3.34. The Labute approximate surface area is 96.5 Å². The van der Waals surface area contributed by atoms with Crippen molar-refractivity contribution in [2.75, 3.05) is 13.1 Å². The third-order valence-electron chi connectivity index (χ3n) is 3.06. The van der Waals surface area contributed by atoms with Gasteiger partial charge in [-0.15, -0.1) is 11.3 Å². The third kappa shape index (κ3) is 2.60. The highest BCUT2D eigenvalue weighted by Gasteiger charge is 2.34. The Morgan fingerprint density at radius 3 is 2.40 bits per heavy atom. The van der Waals surface area contributed by atoms with Crippen LogP contribution < -0.4 is 0 Å². The van der Waals surface area contributed by atoms with E-state index in [-0.39, 0.29) is 5.54 Å². The van der Waals surface area contributed by atoms with Gasteiger partial charge in [-0.25, -0.2) is 0 Å². The number of rotatable bonds is 5. The Bertz CT molecular complexity index is 278. The molecule has 0 radical (unpaired) electrons. The lowest BCUT2D eigenvalue weighted by atomic mass is 9.93. The Morgan fingerprint density at radius 2 is 2.00 bits per heavy atom. The number of likely N-dealkylation sites (N-methyl/N-ethyl adjacent to an activating group) is 1. The summed E-state index contributed by atoms with van der Waals surface area (Å²) in [5.74, 6) is 0. The quantitative estimate of drug-likeness (QED) is 0.836. The lowest BCUT2D eigenvalue weighted by Gasteiger charge is -2.40. The maximum atomic E-state index is 10.3. The second-order valence-electron chi connectivity index (χ2n) is 4.24. The van der Waals surface area contributed by atoms with Gasteiger partial charge >= 0.3 is 0 Å². The molecule has 1 N–H and O–H groups in total. The summed E-state index contributed by atoms with van der Waals surface area (Å²) in [5, 5.41) is 12.3. The van der Waals surface area contributed by atoms with E-state index < -0.39 is 6.10 Å². The van der Waals surface area contributed by atoms with Crippen molar-refractivity contribution in [2.45, 2.75) is 39.3 Å². The average Bonchev–Trinajstić information content (AvgIpc) is 2.70. The maximum absolute atomic E-state index is 10.3. The predicted octanol–water partition coefficient (Wildman–Crippen LogP) is 2.90. The van der Waals surface area contributed by atoms with Crippen LogP contribution in [0.1, 0.15) is 38.7 Å². The summed E-state index contributed by atoms with van der Waals surface area (Å²) in [6, 6.07) is 3.99. The second kappa shape index (κ2) is 5.10. The van der Waals surface area contributed by atoms with Gasteiger partial charge in [0, 0.05) is 10.4 Å². The molecular formula is C12H21NOS. The summed E-state index contributed by atoms with van der Waals surface area (Å²) in [6.45, 7) is 10.4. The molecule has 1 unspecified atom stereocenters. The minimum absolute atomic E-state index is 0.200. The highest BCUT2D eigenvalue weighted by Crippen LogP contribution is 2.33. The van der Waals surface area contributed by atoms with Gasteiger partial charge in [0.2, 0.25) is 0 Å². The molecule has 2 nitrogen and oxygen atoms in total. The zero-order chi connectivity index (χ0) is 11.5. The molecule has 1 aromatic heterocycles. The van der Waals surface area contributed by atoms with Crippen LogP contribution in [0.5, 0.6) is 0 Å².